The smallest absolute Gasteiger partial charge is 0.265 e. The fraction of sp³-hybridized carbons (Fsp3) is 0.524. The lowest BCUT2D eigenvalue weighted by Gasteiger charge is -2.43. The lowest BCUT2D eigenvalue weighted by Crippen LogP contribution is -2.54. The summed E-state index contributed by atoms with van der Waals surface area (Å²) in [6, 6.07) is -1.72. The van der Waals surface area contributed by atoms with Gasteiger partial charge in [-0.05, 0) is 27.2 Å². The van der Waals surface area contributed by atoms with E-state index in [0.29, 0.717) is 0 Å². The summed E-state index contributed by atoms with van der Waals surface area (Å²) in [6.45, 7) is -11.0. The van der Waals surface area contributed by atoms with Crippen LogP contribution in [0, 0.1) is 17.5 Å². The first kappa shape index (κ1) is 14.2. The first-order valence-electron chi connectivity index (χ1n) is 13.5. The quantitative estimate of drug-likeness (QED) is 0.531. The molecule has 3 aliphatic rings. The van der Waals surface area contributed by atoms with Crippen LogP contribution in [0.1, 0.15) is 65.3 Å². The Morgan fingerprint density at radius 1 is 0.906 bits per heavy atom. The number of halogens is 3. The highest BCUT2D eigenvalue weighted by molar-refractivity contribution is 6.24. The molecule has 3 aliphatic heterocycles. The van der Waals surface area contributed by atoms with Crippen molar-refractivity contribution in [1.29, 1.82) is 0 Å². The minimum Gasteiger partial charge on any atom is -0.364 e. The number of carbonyl (C=O) groups excluding carboxylic acids is 4. The number of carbonyl (C=O) groups is 4. The highest BCUT2D eigenvalue weighted by Gasteiger charge is 2.49. The van der Waals surface area contributed by atoms with Crippen LogP contribution in [0.3, 0.4) is 0 Å². The molecule has 1 atom stereocenters. The van der Waals surface area contributed by atoms with Crippen LogP contribution in [0.15, 0.2) is 0 Å². The summed E-state index contributed by atoms with van der Waals surface area (Å²) in [5, 5.41) is 1.85. The van der Waals surface area contributed by atoms with Gasteiger partial charge < -0.3 is 4.90 Å². The zero-order valence-electron chi connectivity index (χ0n) is 25.1. The Morgan fingerprint density at radius 3 is 2.00 bits per heavy atom. The Bertz CT molecular complexity index is 1360. The van der Waals surface area contributed by atoms with E-state index >= 15 is 13.2 Å². The van der Waals surface area contributed by atoms with Gasteiger partial charge in [0.25, 0.3) is 11.8 Å². The van der Waals surface area contributed by atoms with Gasteiger partial charge >= 0.3 is 0 Å². The summed E-state index contributed by atoms with van der Waals surface area (Å²) >= 11 is 0. The molecule has 2 saturated heterocycles. The van der Waals surface area contributed by atoms with Gasteiger partial charge in [-0.2, -0.15) is 0 Å². The summed E-state index contributed by atoms with van der Waals surface area (Å²) in [7, 11) is 0. The lowest BCUT2D eigenvalue weighted by atomic mass is 10.0. The van der Waals surface area contributed by atoms with E-state index in [9.17, 15) is 19.2 Å². The molecule has 0 unspecified atom stereocenters. The molecule has 1 aromatic rings. The van der Waals surface area contributed by atoms with Crippen LogP contribution in [0.2, 0.25) is 0 Å². The molecule has 4 rings (SSSR count). The van der Waals surface area contributed by atoms with Crippen molar-refractivity contribution in [3.63, 3.8) is 0 Å². The summed E-state index contributed by atoms with van der Waals surface area (Å²) in [5.74, 6) is -12.0. The van der Waals surface area contributed by atoms with Gasteiger partial charge in [-0.25, -0.2) is 13.2 Å². The van der Waals surface area contributed by atoms with Crippen LogP contribution >= 0.6 is 0 Å². The standard InChI is InChI=1S/C21H23F3N4O4/c1-21(2,3)27-8-6-26(7-9-27)17-15(23)13-12(14(22)16(17)24)19(31)28(20(13)32)10-4-5-11(29)25-18(10)30/h10H,4-9H2,1-3H3,(H,25,29,30)/t10-/m0/s1/i6D2,7D2,8D2,9D2. The van der Waals surface area contributed by atoms with E-state index < -0.39 is 107 Å². The number of piperazine rings is 1. The van der Waals surface area contributed by atoms with E-state index in [1.807, 2.05) is 5.32 Å². The molecule has 0 saturated carbocycles. The first-order chi connectivity index (χ1) is 18.0. The minimum absolute atomic E-state index is 0.0984. The summed E-state index contributed by atoms with van der Waals surface area (Å²) in [5.41, 5.74) is -6.55. The van der Waals surface area contributed by atoms with E-state index in [1.165, 1.54) is 20.8 Å². The normalized spacial score (nSPS) is 32.5. The molecule has 3 heterocycles. The van der Waals surface area contributed by atoms with Crippen molar-refractivity contribution in [2.45, 2.75) is 45.2 Å². The van der Waals surface area contributed by atoms with Gasteiger partial charge in [0.15, 0.2) is 17.5 Å². The van der Waals surface area contributed by atoms with E-state index in [4.69, 9.17) is 11.0 Å². The van der Waals surface area contributed by atoms with Crippen molar-refractivity contribution in [2.24, 2.45) is 0 Å². The van der Waals surface area contributed by atoms with Crippen molar-refractivity contribution in [3.8, 4) is 0 Å². The maximum atomic E-state index is 16.0. The second-order valence-electron chi connectivity index (χ2n) is 8.28. The number of rotatable bonds is 2. The molecule has 172 valence electrons. The monoisotopic (exact) mass is 460 g/mol. The summed E-state index contributed by atoms with van der Waals surface area (Å²) in [4.78, 5) is 49.6. The van der Waals surface area contributed by atoms with Crippen LogP contribution in [-0.4, -0.2) is 71.0 Å². The van der Waals surface area contributed by atoms with Gasteiger partial charge in [0, 0.05) is 43.4 Å². The van der Waals surface area contributed by atoms with Gasteiger partial charge in [0.2, 0.25) is 11.8 Å². The highest BCUT2D eigenvalue weighted by atomic mass is 19.2. The van der Waals surface area contributed by atoms with Crippen molar-refractivity contribution in [2.75, 3.05) is 30.9 Å². The zero-order valence-corrected chi connectivity index (χ0v) is 17.1. The van der Waals surface area contributed by atoms with Gasteiger partial charge in [-0.3, -0.25) is 34.3 Å². The van der Waals surface area contributed by atoms with Crippen LogP contribution in [0.4, 0.5) is 18.9 Å². The maximum absolute atomic E-state index is 16.0. The number of hydrogen-bond donors (Lipinski definition) is 1. The number of nitrogens with one attached hydrogen (secondary N) is 1. The molecule has 1 N–H and O–H groups in total. The molecular weight excluding hydrogens is 429 g/mol. The number of imide groups is 2. The van der Waals surface area contributed by atoms with Crippen LogP contribution < -0.4 is 10.2 Å². The Balaban J connectivity index is 1.98. The Hall–Kier alpha value is -2.95. The average Bonchev–Trinajstić information content (AvgIpc) is 3.03. The predicted molar refractivity (Wildman–Crippen MR) is 107 cm³/mol. The molecule has 0 radical (unpaired) electrons. The van der Waals surface area contributed by atoms with E-state index in [0.717, 1.165) is 0 Å². The number of amides is 4. The lowest BCUT2D eigenvalue weighted by molar-refractivity contribution is -0.136. The SMILES string of the molecule is [2H]C1([2H])N(c2c(F)c(F)c3c(c2F)C(=O)N([C@H]2CCC(=O)NC2=O)C3=O)C([2H])([2H])C([2H])([2H])N(C(C)(C)C)C1([2H])[2H]. The molecular formula is C21H23F3N4O4. The molecule has 0 aliphatic carbocycles. The third-order valence-electron chi connectivity index (χ3n) is 5.13. The molecule has 4 amide bonds. The predicted octanol–water partition coefficient (Wildman–Crippen LogP) is 1.43. The fourth-order valence-corrected chi connectivity index (χ4v) is 3.49. The summed E-state index contributed by atoms with van der Waals surface area (Å²) < 4.78 is 114. The van der Waals surface area contributed by atoms with Crippen LogP contribution in [0.5, 0.6) is 0 Å². The number of benzene rings is 1. The number of nitrogens with zero attached hydrogens (tertiary/aromatic N) is 3. The average molecular weight is 460 g/mol. The molecule has 0 aromatic heterocycles. The number of anilines is 1. The number of fused-ring (bicyclic) bond motifs is 1. The van der Waals surface area contributed by atoms with Crippen molar-refractivity contribution < 1.29 is 43.3 Å². The third kappa shape index (κ3) is 3.35. The van der Waals surface area contributed by atoms with E-state index in [2.05, 4.69) is 0 Å². The van der Waals surface area contributed by atoms with Crippen molar-refractivity contribution in [1.82, 2.24) is 15.1 Å². The van der Waals surface area contributed by atoms with Crippen LogP contribution in [-0.2, 0) is 9.59 Å². The van der Waals surface area contributed by atoms with Crippen molar-refractivity contribution >= 4 is 29.3 Å². The Kier molecular flexibility index (Phi) is 3.37. The molecule has 0 bridgehead atoms. The topological polar surface area (TPSA) is 90.0 Å². The number of piperidine rings is 1. The molecule has 11 heteroatoms. The number of hydrogen-bond acceptors (Lipinski definition) is 6. The molecule has 1 aromatic carbocycles. The molecule has 0 spiro atoms. The van der Waals surface area contributed by atoms with Gasteiger partial charge in [-0.15, -0.1) is 0 Å². The van der Waals surface area contributed by atoms with Crippen LogP contribution in [0.25, 0.3) is 0 Å². The fourth-order valence-electron chi connectivity index (χ4n) is 3.49. The van der Waals surface area contributed by atoms with Gasteiger partial charge in [-0.1, -0.05) is 0 Å². The highest BCUT2D eigenvalue weighted by Crippen LogP contribution is 2.38. The maximum Gasteiger partial charge on any atom is 0.265 e. The van der Waals surface area contributed by atoms with E-state index in [1.54, 1.807) is 0 Å². The molecule has 32 heavy (non-hydrogen) atoms. The van der Waals surface area contributed by atoms with E-state index in [-0.39, 0.29) is 16.2 Å². The Morgan fingerprint density at radius 2 is 1.47 bits per heavy atom. The summed E-state index contributed by atoms with van der Waals surface area (Å²) in [6.07, 6.45) is -0.772. The minimum atomic E-state index is -3.83. The second-order valence-corrected chi connectivity index (χ2v) is 8.28. The molecule has 8 nitrogen and oxygen atoms in total. The first-order valence-corrected chi connectivity index (χ1v) is 9.48. The third-order valence-corrected chi connectivity index (χ3v) is 5.13. The van der Waals surface area contributed by atoms with Gasteiger partial charge in [0.1, 0.15) is 11.7 Å². The largest absolute Gasteiger partial charge is 0.364 e. The second kappa shape index (κ2) is 7.58. The Labute approximate surface area is 193 Å². The van der Waals surface area contributed by atoms with Crippen molar-refractivity contribution in [3.05, 3.63) is 28.6 Å². The molecule has 2 fully saturated rings. The van der Waals surface area contributed by atoms with Gasteiger partial charge in [0.05, 0.1) is 16.6 Å². The zero-order chi connectivity index (χ0) is 30.7.